The summed E-state index contributed by atoms with van der Waals surface area (Å²) in [5, 5.41) is 2.80. The Kier molecular flexibility index (Phi) is 3.87. The van der Waals surface area contributed by atoms with Crippen LogP contribution < -0.4 is 16.0 Å². The normalized spacial score (nSPS) is 13.9. The summed E-state index contributed by atoms with van der Waals surface area (Å²) in [5.41, 5.74) is 8.93. The van der Waals surface area contributed by atoms with Crippen LogP contribution in [0, 0.1) is 0 Å². The first-order valence-corrected chi connectivity index (χ1v) is 6.21. The molecule has 0 aliphatic carbocycles. The third kappa shape index (κ3) is 2.83. The summed E-state index contributed by atoms with van der Waals surface area (Å²) in [7, 11) is 0. The molecular formula is C14H19N3O. The van der Waals surface area contributed by atoms with E-state index in [9.17, 15) is 4.79 Å². The topological polar surface area (TPSA) is 58.4 Å². The van der Waals surface area contributed by atoms with Crippen LogP contribution in [0.3, 0.4) is 0 Å². The van der Waals surface area contributed by atoms with Crippen LogP contribution in [-0.4, -0.2) is 25.5 Å². The highest BCUT2D eigenvalue weighted by molar-refractivity contribution is 5.82. The molecule has 0 radical (unpaired) electrons. The van der Waals surface area contributed by atoms with Gasteiger partial charge in [-0.2, -0.15) is 0 Å². The van der Waals surface area contributed by atoms with E-state index in [1.807, 2.05) is 18.2 Å². The van der Waals surface area contributed by atoms with Crippen LogP contribution in [0.15, 0.2) is 30.9 Å². The molecule has 0 spiro atoms. The maximum Gasteiger partial charge on any atom is 0.239 e. The van der Waals surface area contributed by atoms with Crippen molar-refractivity contribution in [2.24, 2.45) is 0 Å². The summed E-state index contributed by atoms with van der Waals surface area (Å²) in [6.07, 6.45) is 3.78. The Morgan fingerprint density at radius 2 is 2.39 bits per heavy atom. The van der Waals surface area contributed by atoms with Gasteiger partial charge in [0, 0.05) is 24.5 Å². The fourth-order valence-corrected chi connectivity index (χ4v) is 2.27. The summed E-state index contributed by atoms with van der Waals surface area (Å²) in [5.74, 6) is 0.0274. The fraction of sp³-hybridized carbons (Fsp3) is 0.357. The first-order valence-electron chi connectivity index (χ1n) is 6.21. The van der Waals surface area contributed by atoms with Crippen molar-refractivity contribution in [2.75, 3.05) is 30.3 Å². The van der Waals surface area contributed by atoms with Crippen LogP contribution >= 0.6 is 0 Å². The number of hydrogen-bond acceptors (Lipinski definition) is 3. The number of hydrogen-bond donors (Lipinski definition) is 2. The van der Waals surface area contributed by atoms with Crippen LogP contribution in [0.25, 0.3) is 0 Å². The number of benzene rings is 1. The van der Waals surface area contributed by atoms with Gasteiger partial charge in [-0.1, -0.05) is 6.08 Å². The van der Waals surface area contributed by atoms with E-state index in [2.05, 4.69) is 16.8 Å². The molecule has 0 saturated carbocycles. The lowest BCUT2D eigenvalue weighted by Gasteiger charge is -2.30. The van der Waals surface area contributed by atoms with Crippen molar-refractivity contribution < 1.29 is 4.79 Å². The second-order valence-electron chi connectivity index (χ2n) is 4.51. The number of aryl methyl sites for hydroxylation is 1. The lowest BCUT2D eigenvalue weighted by Crippen LogP contribution is -2.39. The molecule has 0 fully saturated rings. The second kappa shape index (κ2) is 5.58. The van der Waals surface area contributed by atoms with Gasteiger partial charge < -0.3 is 16.0 Å². The van der Waals surface area contributed by atoms with E-state index in [-0.39, 0.29) is 5.91 Å². The maximum absolute atomic E-state index is 11.7. The number of amides is 1. The number of nitrogens with two attached hydrogens (primary N) is 1. The van der Waals surface area contributed by atoms with Crippen LogP contribution in [0.5, 0.6) is 0 Å². The first-order chi connectivity index (χ1) is 8.70. The maximum atomic E-state index is 11.7. The Bertz CT molecular complexity index is 456. The Balaban J connectivity index is 2.08. The van der Waals surface area contributed by atoms with E-state index < -0.39 is 0 Å². The highest BCUT2D eigenvalue weighted by atomic mass is 16.2. The van der Waals surface area contributed by atoms with Crippen LogP contribution in [0.4, 0.5) is 11.4 Å². The smallest absolute Gasteiger partial charge is 0.239 e. The lowest BCUT2D eigenvalue weighted by atomic mass is 10.0. The van der Waals surface area contributed by atoms with Crippen LogP contribution in [-0.2, 0) is 11.2 Å². The summed E-state index contributed by atoms with van der Waals surface area (Å²) >= 11 is 0. The number of nitrogens with zero attached hydrogens (tertiary/aromatic N) is 1. The van der Waals surface area contributed by atoms with Gasteiger partial charge in [-0.15, -0.1) is 6.58 Å². The number of carbonyl (C=O) groups is 1. The Labute approximate surface area is 107 Å². The standard InChI is InChI=1S/C14H19N3O/c1-2-7-16-14(18)10-17-8-3-4-11-9-12(15)5-6-13(11)17/h2,5-6,9H,1,3-4,7-8,10,15H2,(H,16,18). The molecule has 1 amide bonds. The molecular weight excluding hydrogens is 226 g/mol. The molecule has 1 aliphatic rings. The SMILES string of the molecule is C=CCNC(=O)CN1CCCc2cc(N)ccc21. The number of carbonyl (C=O) groups excluding carboxylic acids is 1. The van der Waals surface area contributed by atoms with Crippen LogP contribution in [0.2, 0.25) is 0 Å². The molecule has 4 nitrogen and oxygen atoms in total. The third-order valence-electron chi connectivity index (χ3n) is 3.10. The van der Waals surface area contributed by atoms with E-state index >= 15 is 0 Å². The van der Waals surface area contributed by atoms with Gasteiger partial charge in [0.05, 0.1) is 6.54 Å². The largest absolute Gasteiger partial charge is 0.399 e. The molecule has 0 aromatic heterocycles. The zero-order valence-electron chi connectivity index (χ0n) is 10.5. The summed E-state index contributed by atoms with van der Waals surface area (Å²) in [6, 6.07) is 5.90. The van der Waals surface area contributed by atoms with E-state index in [1.54, 1.807) is 6.08 Å². The molecule has 1 aliphatic heterocycles. The quantitative estimate of drug-likeness (QED) is 0.621. The van der Waals surface area contributed by atoms with Gasteiger partial charge >= 0.3 is 0 Å². The van der Waals surface area contributed by atoms with Crippen molar-refractivity contribution in [3.63, 3.8) is 0 Å². The van der Waals surface area contributed by atoms with Crippen molar-refractivity contribution in [3.05, 3.63) is 36.4 Å². The van der Waals surface area contributed by atoms with Gasteiger partial charge in [0.1, 0.15) is 0 Å². The number of anilines is 2. The number of nitrogens with one attached hydrogen (secondary N) is 1. The van der Waals surface area contributed by atoms with Gasteiger partial charge in [0.25, 0.3) is 0 Å². The van der Waals surface area contributed by atoms with E-state index in [0.29, 0.717) is 13.1 Å². The van der Waals surface area contributed by atoms with Crippen LogP contribution in [0.1, 0.15) is 12.0 Å². The molecule has 4 heteroatoms. The van der Waals surface area contributed by atoms with Gasteiger partial charge in [-0.25, -0.2) is 0 Å². The van der Waals surface area contributed by atoms with E-state index in [4.69, 9.17) is 5.73 Å². The van der Waals surface area contributed by atoms with Crippen molar-refractivity contribution in [1.29, 1.82) is 0 Å². The molecule has 0 unspecified atom stereocenters. The highest BCUT2D eigenvalue weighted by Crippen LogP contribution is 2.28. The second-order valence-corrected chi connectivity index (χ2v) is 4.51. The average molecular weight is 245 g/mol. The molecule has 2 rings (SSSR count). The van der Waals surface area contributed by atoms with Gasteiger partial charge in [-0.05, 0) is 36.6 Å². The molecule has 0 bridgehead atoms. The van der Waals surface area contributed by atoms with Crippen molar-refractivity contribution >= 4 is 17.3 Å². The molecule has 3 N–H and O–H groups in total. The molecule has 18 heavy (non-hydrogen) atoms. The van der Waals surface area contributed by atoms with Crippen molar-refractivity contribution in [2.45, 2.75) is 12.8 Å². The molecule has 96 valence electrons. The van der Waals surface area contributed by atoms with E-state index in [1.165, 1.54) is 5.56 Å². The number of rotatable bonds is 4. The van der Waals surface area contributed by atoms with Crippen molar-refractivity contribution in [1.82, 2.24) is 5.32 Å². The minimum absolute atomic E-state index is 0.0274. The first kappa shape index (κ1) is 12.5. The average Bonchev–Trinajstić information content (AvgIpc) is 2.36. The Morgan fingerprint density at radius 1 is 1.56 bits per heavy atom. The zero-order chi connectivity index (χ0) is 13.0. The molecule has 1 aromatic carbocycles. The summed E-state index contributed by atoms with van der Waals surface area (Å²) in [6.45, 7) is 5.41. The van der Waals surface area contributed by atoms with Gasteiger partial charge in [0.2, 0.25) is 5.91 Å². The predicted octanol–water partition coefficient (Wildman–Crippen LogP) is 1.32. The zero-order valence-corrected chi connectivity index (χ0v) is 10.5. The van der Waals surface area contributed by atoms with Gasteiger partial charge in [-0.3, -0.25) is 4.79 Å². The molecule has 1 heterocycles. The fourth-order valence-electron chi connectivity index (χ4n) is 2.27. The monoisotopic (exact) mass is 245 g/mol. The summed E-state index contributed by atoms with van der Waals surface area (Å²) in [4.78, 5) is 13.8. The number of fused-ring (bicyclic) bond motifs is 1. The van der Waals surface area contributed by atoms with Gasteiger partial charge in [0.15, 0.2) is 0 Å². The summed E-state index contributed by atoms with van der Waals surface area (Å²) < 4.78 is 0. The van der Waals surface area contributed by atoms with Crippen molar-refractivity contribution in [3.8, 4) is 0 Å². The predicted molar refractivity (Wildman–Crippen MR) is 74.6 cm³/mol. The molecule has 0 atom stereocenters. The number of nitrogen functional groups attached to an aromatic ring is 1. The Morgan fingerprint density at radius 3 is 3.17 bits per heavy atom. The minimum atomic E-state index is 0.0274. The molecule has 1 aromatic rings. The lowest BCUT2D eigenvalue weighted by molar-refractivity contribution is -0.119. The third-order valence-corrected chi connectivity index (χ3v) is 3.10. The molecule has 0 saturated heterocycles. The van der Waals surface area contributed by atoms with E-state index in [0.717, 1.165) is 30.8 Å². The Hall–Kier alpha value is -1.97. The minimum Gasteiger partial charge on any atom is -0.399 e. The highest BCUT2D eigenvalue weighted by Gasteiger charge is 2.18.